The second-order valence-electron chi connectivity index (χ2n) is 2.09. The third kappa shape index (κ3) is 2.00. The van der Waals surface area contributed by atoms with E-state index in [1.54, 1.807) is 6.07 Å². The quantitative estimate of drug-likeness (QED) is 0.724. The number of halogens is 2. The lowest BCUT2D eigenvalue weighted by Gasteiger charge is -2.02. The number of carbonyl (C=O) groups is 1. The van der Waals surface area contributed by atoms with Gasteiger partial charge in [0, 0.05) is 7.14 Å². The highest BCUT2D eigenvalue weighted by Crippen LogP contribution is 2.25. The molecule has 0 bridgehead atoms. The van der Waals surface area contributed by atoms with Crippen LogP contribution >= 0.6 is 45.2 Å². The number of aromatic carboxylic acids is 1. The number of aromatic hydroxyl groups is 1. The third-order valence-corrected chi connectivity index (χ3v) is 2.72. The summed E-state index contributed by atoms with van der Waals surface area (Å²) >= 11 is 3.89. The SMILES string of the molecule is O=C(O)c1c(O)cc(I)cc1I. The van der Waals surface area contributed by atoms with Crippen molar-refractivity contribution in [1.82, 2.24) is 0 Å². The van der Waals surface area contributed by atoms with Crippen molar-refractivity contribution in [1.29, 1.82) is 0 Å². The average molecular weight is 390 g/mol. The molecule has 1 aromatic rings. The van der Waals surface area contributed by atoms with Gasteiger partial charge in [-0.1, -0.05) is 0 Å². The number of hydrogen-bond donors (Lipinski definition) is 2. The first-order valence-electron chi connectivity index (χ1n) is 2.93. The van der Waals surface area contributed by atoms with Crippen molar-refractivity contribution in [2.24, 2.45) is 0 Å². The summed E-state index contributed by atoms with van der Waals surface area (Å²) in [6, 6.07) is 3.12. The van der Waals surface area contributed by atoms with E-state index in [1.807, 2.05) is 45.2 Å². The molecule has 1 aromatic carbocycles. The van der Waals surface area contributed by atoms with Crippen molar-refractivity contribution >= 4 is 51.2 Å². The van der Waals surface area contributed by atoms with Crippen molar-refractivity contribution in [2.75, 3.05) is 0 Å². The summed E-state index contributed by atoms with van der Waals surface area (Å²) in [5.74, 6) is -1.29. The van der Waals surface area contributed by atoms with E-state index in [0.717, 1.165) is 3.57 Å². The van der Waals surface area contributed by atoms with Crippen LogP contribution in [0.15, 0.2) is 12.1 Å². The van der Waals surface area contributed by atoms with Crippen LogP contribution in [-0.2, 0) is 0 Å². The number of carboxylic acids is 1. The fourth-order valence-electron chi connectivity index (χ4n) is 0.772. The number of benzene rings is 1. The second-order valence-corrected chi connectivity index (χ2v) is 4.49. The van der Waals surface area contributed by atoms with Crippen LogP contribution in [0.25, 0.3) is 0 Å². The van der Waals surface area contributed by atoms with Crippen molar-refractivity contribution < 1.29 is 15.0 Å². The van der Waals surface area contributed by atoms with Gasteiger partial charge in [-0.2, -0.15) is 0 Å². The molecule has 1 rings (SSSR count). The van der Waals surface area contributed by atoms with Crippen molar-refractivity contribution in [3.8, 4) is 5.75 Å². The predicted molar refractivity (Wildman–Crippen MR) is 60.5 cm³/mol. The largest absolute Gasteiger partial charge is 0.507 e. The first kappa shape index (κ1) is 10.0. The molecule has 0 aliphatic heterocycles. The van der Waals surface area contributed by atoms with Gasteiger partial charge >= 0.3 is 5.97 Å². The summed E-state index contributed by atoms with van der Waals surface area (Å²) in [5, 5.41) is 17.9. The van der Waals surface area contributed by atoms with Crippen molar-refractivity contribution in [2.45, 2.75) is 0 Å². The van der Waals surface area contributed by atoms with Crippen LogP contribution < -0.4 is 0 Å². The zero-order valence-electron chi connectivity index (χ0n) is 5.71. The number of hydrogen-bond acceptors (Lipinski definition) is 2. The van der Waals surface area contributed by atoms with Crippen LogP contribution in [0, 0.1) is 7.14 Å². The highest BCUT2D eigenvalue weighted by Gasteiger charge is 2.14. The maximum Gasteiger partial charge on any atom is 0.340 e. The van der Waals surface area contributed by atoms with E-state index < -0.39 is 5.97 Å². The Kier molecular flexibility index (Phi) is 3.16. The Labute approximate surface area is 96.1 Å². The van der Waals surface area contributed by atoms with Gasteiger partial charge < -0.3 is 10.2 Å². The van der Waals surface area contributed by atoms with Crippen molar-refractivity contribution in [3.63, 3.8) is 0 Å². The number of carboxylic acid groups (broad SMARTS) is 1. The van der Waals surface area contributed by atoms with Gasteiger partial charge in [-0.3, -0.25) is 0 Å². The zero-order valence-corrected chi connectivity index (χ0v) is 10.0. The molecule has 64 valence electrons. The molecule has 3 nitrogen and oxygen atoms in total. The van der Waals surface area contributed by atoms with Gasteiger partial charge in [0.05, 0.1) is 0 Å². The molecule has 0 unspecified atom stereocenters. The molecule has 2 N–H and O–H groups in total. The summed E-state index contributed by atoms with van der Waals surface area (Å²) in [7, 11) is 0. The lowest BCUT2D eigenvalue weighted by molar-refractivity contribution is 0.0692. The van der Waals surface area contributed by atoms with Gasteiger partial charge in [-0.05, 0) is 57.3 Å². The summed E-state index contributed by atoms with van der Waals surface area (Å²) in [6.07, 6.45) is 0. The molecular formula is C7H4I2O3. The van der Waals surface area contributed by atoms with E-state index in [2.05, 4.69) is 0 Å². The Morgan fingerprint density at radius 2 is 1.92 bits per heavy atom. The van der Waals surface area contributed by atoms with Crippen LogP contribution in [0.2, 0.25) is 0 Å². The highest BCUT2D eigenvalue weighted by atomic mass is 127. The molecule has 0 radical (unpaired) electrons. The Balaban J connectivity index is 3.38. The zero-order chi connectivity index (χ0) is 9.30. The molecular weight excluding hydrogens is 386 g/mol. The Hall–Kier alpha value is -0.0500. The summed E-state index contributed by atoms with van der Waals surface area (Å²) in [6.45, 7) is 0. The molecule has 0 saturated heterocycles. The maximum atomic E-state index is 10.6. The molecule has 0 atom stereocenters. The fourth-order valence-corrected chi connectivity index (χ4v) is 2.82. The van der Waals surface area contributed by atoms with E-state index in [-0.39, 0.29) is 11.3 Å². The highest BCUT2D eigenvalue weighted by molar-refractivity contribution is 14.1. The van der Waals surface area contributed by atoms with E-state index in [4.69, 9.17) is 5.11 Å². The smallest absolute Gasteiger partial charge is 0.340 e. The lowest BCUT2D eigenvalue weighted by Crippen LogP contribution is -2.00. The molecule has 5 heteroatoms. The number of phenols is 1. The third-order valence-electron chi connectivity index (χ3n) is 1.25. The molecule has 12 heavy (non-hydrogen) atoms. The summed E-state index contributed by atoms with van der Waals surface area (Å²) in [4.78, 5) is 10.6. The average Bonchev–Trinajstić information content (AvgIpc) is 1.82. The lowest BCUT2D eigenvalue weighted by atomic mass is 10.2. The van der Waals surface area contributed by atoms with Crippen LogP contribution in [0.4, 0.5) is 0 Å². The Morgan fingerprint density at radius 1 is 1.33 bits per heavy atom. The predicted octanol–water partition coefficient (Wildman–Crippen LogP) is 2.30. The van der Waals surface area contributed by atoms with Crippen LogP contribution in [0.3, 0.4) is 0 Å². The monoisotopic (exact) mass is 390 g/mol. The normalized spacial score (nSPS) is 9.83. The van der Waals surface area contributed by atoms with Gasteiger partial charge in [0.2, 0.25) is 0 Å². The van der Waals surface area contributed by atoms with Gasteiger partial charge in [-0.25, -0.2) is 4.79 Å². The van der Waals surface area contributed by atoms with Gasteiger partial charge in [0.25, 0.3) is 0 Å². The molecule has 0 amide bonds. The Bertz CT molecular complexity index is 312. The molecule has 0 aliphatic carbocycles. The first-order valence-corrected chi connectivity index (χ1v) is 5.09. The molecule has 0 spiro atoms. The van der Waals surface area contributed by atoms with Crippen LogP contribution in [0.1, 0.15) is 10.4 Å². The molecule has 0 heterocycles. The van der Waals surface area contributed by atoms with E-state index in [0.29, 0.717) is 3.57 Å². The molecule has 0 saturated carbocycles. The van der Waals surface area contributed by atoms with E-state index in [1.165, 1.54) is 6.07 Å². The fraction of sp³-hybridized carbons (Fsp3) is 0. The number of rotatable bonds is 1. The molecule has 0 aromatic heterocycles. The molecule has 0 aliphatic rings. The van der Waals surface area contributed by atoms with Gasteiger partial charge in [-0.15, -0.1) is 0 Å². The summed E-state index contributed by atoms with van der Waals surface area (Å²) in [5.41, 5.74) is -0.0315. The van der Waals surface area contributed by atoms with Gasteiger partial charge in [0.15, 0.2) is 0 Å². The maximum absolute atomic E-state index is 10.6. The minimum Gasteiger partial charge on any atom is -0.507 e. The Morgan fingerprint density at radius 3 is 2.33 bits per heavy atom. The molecule has 0 fully saturated rings. The summed E-state index contributed by atoms with van der Waals surface area (Å²) < 4.78 is 1.36. The minimum absolute atomic E-state index is 0.0315. The van der Waals surface area contributed by atoms with Crippen molar-refractivity contribution in [3.05, 3.63) is 24.8 Å². The van der Waals surface area contributed by atoms with E-state index in [9.17, 15) is 9.90 Å². The second kappa shape index (κ2) is 3.77. The van der Waals surface area contributed by atoms with E-state index >= 15 is 0 Å². The first-order chi connectivity index (χ1) is 5.52. The van der Waals surface area contributed by atoms with Gasteiger partial charge in [0.1, 0.15) is 11.3 Å². The topological polar surface area (TPSA) is 57.5 Å². The van der Waals surface area contributed by atoms with Crippen LogP contribution in [-0.4, -0.2) is 16.2 Å². The standard InChI is InChI=1S/C7H4I2O3/c8-3-1-4(9)6(7(11)12)5(10)2-3/h1-2,10H,(H,11,12). The minimum atomic E-state index is -1.10. The van der Waals surface area contributed by atoms with Crippen LogP contribution in [0.5, 0.6) is 5.75 Å².